The summed E-state index contributed by atoms with van der Waals surface area (Å²) in [6.45, 7) is 1.72. The smallest absolute Gasteiger partial charge is 0.0534 e. The molecule has 84 valence electrons. The molecular weight excluding hydrogens is 188 g/mol. The number of aromatic nitrogens is 2. The Morgan fingerprint density at radius 1 is 1.60 bits per heavy atom. The van der Waals surface area contributed by atoms with E-state index in [4.69, 9.17) is 5.73 Å². The molecule has 1 saturated carbocycles. The van der Waals surface area contributed by atoms with Crippen molar-refractivity contribution < 1.29 is 0 Å². The first-order valence-electron chi connectivity index (χ1n) is 5.55. The van der Waals surface area contributed by atoms with Crippen LogP contribution in [0.2, 0.25) is 0 Å². The first kappa shape index (κ1) is 10.6. The summed E-state index contributed by atoms with van der Waals surface area (Å²) in [5.74, 6) is 0. The fourth-order valence-electron chi connectivity index (χ4n) is 2.32. The number of likely N-dealkylation sites (N-methyl/N-ethyl adjacent to an activating group) is 1. The van der Waals surface area contributed by atoms with E-state index in [-0.39, 0.29) is 5.54 Å². The predicted octanol–water partition coefficient (Wildman–Crippen LogP) is 0.733. The van der Waals surface area contributed by atoms with Crippen molar-refractivity contribution in [1.29, 1.82) is 0 Å². The van der Waals surface area contributed by atoms with Crippen LogP contribution in [0.4, 0.5) is 0 Å². The van der Waals surface area contributed by atoms with Crippen molar-refractivity contribution in [2.24, 2.45) is 12.8 Å². The number of aryl methyl sites for hydroxylation is 1. The molecule has 0 aromatic carbocycles. The maximum Gasteiger partial charge on any atom is 0.0534 e. The third-order valence-corrected chi connectivity index (χ3v) is 3.65. The molecule has 0 bridgehead atoms. The number of hydrogen-bond donors (Lipinski definition) is 1. The topological polar surface area (TPSA) is 47.1 Å². The maximum absolute atomic E-state index is 5.87. The van der Waals surface area contributed by atoms with E-state index < -0.39 is 0 Å². The molecule has 1 aliphatic rings. The Labute approximate surface area is 91.1 Å². The molecule has 15 heavy (non-hydrogen) atoms. The van der Waals surface area contributed by atoms with Crippen LogP contribution < -0.4 is 5.73 Å². The van der Waals surface area contributed by atoms with E-state index in [9.17, 15) is 0 Å². The van der Waals surface area contributed by atoms with Crippen molar-refractivity contribution in [2.75, 3.05) is 13.6 Å². The Hall–Kier alpha value is -0.870. The van der Waals surface area contributed by atoms with Gasteiger partial charge in [0, 0.05) is 37.4 Å². The van der Waals surface area contributed by atoms with E-state index >= 15 is 0 Å². The van der Waals surface area contributed by atoms with Gasteiger partial charge in [-0.15, -0.1) is 0 Å². The van der Waals surface area contributed by atoms with Gasteiger partial charge in [0.05, 0.1) is 6.20 Å². The predicted molar refractivity (Wildman–Crippen MR) is 60.3 cm³/mol. The van der Waals surface area contributed by atoms with Crippen molar-refractivity contribution in [3.63, 3.8) is 0 Å². The van der Waals surface area contributed by atoms with E-state index in [1.165, 1.54) is 24.8 Å². The maximum atomic E-state index is 5.87. The first-order valence-corrected chi connectivity index (χ1v) is 5.55. The van der Waals surface area contributed by atoms with Gasteiger partial charge in [-0.2, -0.15) is 5.10 Å². The summed E-state index contributed by atoms with van der Waals surface area (Å²) in [6.07, 6.45) is 7.79. The minimum Gasteiger partial charge on any atom is -0.329 e. The molecule has 1 aromatic heterocycles. The summed E-state index contributed by atoms with van der Waals surface area (Å²) in [6, 6.07) is 0. The van der Waals surface area contributed by atoms with Crippen molar-refractivity contribution in [3.8, 4) is 0 Å². The van der Waals surface area contributed by atoms with E-state index in [1.807, 2.05) is 17.9 Å². The third kappa shape index (κ3) is 1.92. The molecule has 2 rings (SSSR count). The summed E-state index contributed by atoms with van der Waals surface area (Å²) in [4.78, 5) is 2.38. The molecular formula is C11H20N4. The van der Waals surface area contributed by atoms with Gasteiger partial charge >= 0.3 is 0 Å². The van der Waals surface area contributed by atoms with Gasteiger partial charge in [-0.25, -0.2) is 0 Å². The van der Waals surface area contributed by atoms with E-state index in [0.29, 0.717) is 0 Å². The van der Waals surface area contributed by atoms with Crippen molar-refractivity contribution in [3.05, 3.63) is 18.0 Å². The molecule has 0 spiro atoms. The quantitative estimate of drug-likeness (QED) is 0.793. The lowest BCUT2D eigenvalue weighted by molar-refractivity contribution is 0.0398. The van der Waals surface area contributed by atoms with Crippen LogP contribution in [0.3, 0.4) is 0 Å². The third-order valence-electron chi connectivity index (χ3n) is 3.65. The number of nitrogens with two attached hydrogens (primary N) is 1. The minimum atomic E-state index is 0.260. The highest BCUT2D eigenvalue weighted by Crippen LogP contribution is 2.36. The fraction of sp³-hybridized carbons (Fsp3) is 0.727. The van der Waals surface area contributed by atoms with Crippen LogP contribution in [0, 0.1) is 0 Å². The Bertz CT molecular complexity index is 322. The fourth-order valence-corrected chi connectivity index (χ4v) is 2.32. The van der Waals surface area contributed by atoms with Crippen molar-refractivity contribution in [2.45, 2.75) is 31.3 Å². The van der Waals surface area contributed by atoms with Crippen LogP contribution in [0.5, 0.6) is 0 Å². The molecule has 1 heterocycles. The lowest BCUT2D eigenvalue weighted by Gasteiger charge is -2.48. The van der Waals surface area contributed by atoms with Crippen LogP contribution in [-0.4, -0.2) is 33.8 Å². The zero-order chi connectivity index (χ0) is 10.9. The van der Waals surface area contributed by atoms with Crippen molar-refractivity contribution in [1.82, 2.24) is 14.7 Å². The van der Waals surface area contributed by atoms with E-state index in [1.54, 1.807) is 0 Å². The SMILES string of the molecule is CN(Cc1cnn(C)c1)C1(CN)CCC1. The summed E-state index contributed by atoms with van der Waals surface area (Å²) < 4.78 is 1.85. The Morgan fingerprint density at radius 3 is 2.73 bits per heavy atom. The van der Waals surface area contributed by atoms with Gasteiger partial charge in [-0.3, -0.25) is 9.58 Å². The lowest BCUT2D eigenvalue weighted by Crippen LogP contribution is -2.56. The Morgan fingerprint density at radius 2 is 2.33 bits per heavy atom. The summed E-state index contributed by atoms with van der Waals surface area (Å²) in [5, 5.41) is 4.18. The molecule has 4 nitrogen and oxygen atoms in total. The van der Waals surface area contributed by atoms with Crippen molar-refractivity contribution >= 4 is 0 Å². The van der Waals surface area contributed by atoms with Crippen LogP contribution in [0.15, 0.2) is 12.4 Å². The molecule has 0 aliphatic heterocycles. The monoisotopic (exact) mass is 208 g/mol. The molecule has 0 atom stereocenters. The highest BCUT2D eigenvalue weighted by molar-refractivity contribution is 5.06. The average molecular weight is 208 g/mol. The largest absolute Gasteiger partial charge is 0.329 e. The van der Waals surface area contributed by atoms with E-state index in [2.05, 4.69) is 23.2 Å². The molecule has 4 heteroatoms. The van der Waals surface area contributed by atoms with Gasteiger partial charge < -0.3 is 5.73 Å². The molecule has 1 aliphatic carbocycles. The van der Waals surface area contributed by atoms with E-state index in [0.717, 1.165) is 13.1 Å². The normalized spacial score (nSPS) is 19.2. The van der Waals surface area contributed by atoms with Gasteiger partial charge in [0.15, 0.2) is 0 Å². The highest BCUT2D eigenvalue weighted by Gasteiger charge is 2.39. The molecule has 0 unspecified atom stereocenters. The van der Waals surface area contributed by atoms with Crippen LogP contribution in [0.25, 0.3) is 0 Å². The average Bonchev–Trinajstić information content (AvgIpc) is 2.50. The van der Waals surface area contributed by atoms with Crippen LogP contribution >= 0.6 is 0 Å². The van der Waals surface area contributed by atoms with Gasteiger partial charge in [0.1, 0.15) is 0 Å². The Kier molecular flexibility index (Phi) is 2.80. The standard InChI is InChI=1S/C11H20N4/c1-14(11(9-12)4-3-5-11)7-10-6-13-15(2)8-10/h6,8H,3-5,7,9,12H2,1-2H3. The molecule has 1 fully saturated rings. The molecule has 0 amide bonds. The number of rotatable bonds is 4. The summed E-state index contributed by atoms with van der Waals surface area (Å²) in [5.41, 5.74) is 7.39. The molecule has 0 saturated heterocycles. The minimum absolute atomic E-state index is 0.260. The number of nitrogens with zero attached hydrogens (tertiary/aromatic N) is 3. The van der Waals surface area contributed by atoms with Gasteiger partial charge in [-0.1, -0.05) is 0 Å². The highest BCUT2D eigenvalue weighted by atomic mass is 15.3. The van der Waals surface area contributed by atoms with Gasteiger partial charge in [0.25, 0.3) is 0 Å². The Balaban J connectivity index is 1.99. The van der Waals surface area contributed by atoms with Crippen LogP contribution in [0.1, 0.15) is 24.8 Å². The second-order valence-corrected chi connectivity index (χ2v) is 4.66. The van der Waals surface area contributed by atoms with Crippen LogP contribution in [-0.2, 0) is 13.6 Å². The summed E-state index contributed by atoms with van der Waals surface area (Å²) >= 11 is 0. The zero-order valence-electron chi connectivity index (χ0n) is 9.61. The lowest BCUT2D eigenvalue weighted by atomic mass is 9.75. The van der Waals surface area contributed by atoms with Gasteiger partial charge in [0.2, 0.25) is 0 Å². The second kappa shape index (κ2) is 3.94. The molecule has 0 radical (unpaired) electrons. The molecule has 1 aromatic rings. The molecule has 2 N–H and O–H groups in total. The zero-order valence-corrected chi connectivity index (χ0v) is 9.61. The second-order valence-electron chi connectivity index (χ2n) is 4.66. The summed E-state index contributed by atoms with van der Waals surface area (Å²) in [7, 11) is 4.12. The first-order chi connectivity index (χ1) is 7.16. The number of hydrogen-bond acceptors (Lipinski definition) is 3. The van der Waals surface area contributed by atoms with Gasteiger partial charge in [-0.05, 0) is 26.3 Å².